The molecule has 2 heteroatoms. The van der Waals surface area contributed by atoms with E-state index in [1.165, 1.54) is 51.6 Å². The summed E-state index contributed by atoms with van der Waals surface area (Å²) in [4.78, 5) is 2.81. The van der Waals surface area contributed by atoms with E-state index in [0.717, 1.165) is 12.0 Å². The van der Waals surface area contributed by atoms with Gasteiger partial charge in [-0.25, -0.2) is 0 Å². The number of nitrogens with zero attached hydrogens (tertiary/aromatic N) is 1. The lowest BCUT2D eigenvalue weighted by Gasteiger charge is -2.48. The molecule has 0 heterocycles. The van der Waals surface area contributed by atoms with Gasteiger partial charge < -0.3 is 5.32 Å². The van der Waals surface area contributed by atoms with Gasteiger partial charge in [-0.3, -0.25) is 4.90 Å². The van der Waals surface area contributed by atoms with E-state index >= 15 is 0 Å². The number of nitrogens with one attached hydrogen (secondary N) is 1. The zero-order valence-corrected chi connectivity index (χ0v) is 12.8. The van der Waals surface area contributed by atoms with Gasteiger partial charge in [0.1, 0.15) is 0 Å². The average Bonchev–Trinajstić information content (AvgIpc) is 3.11. The normalized spacial score (nSPS) is 31.8. The molecule has 2 nitrogen and oxygen atoms in total. The summed E-state index contributed by atoms with van der Waals surface area (Å²) in [6.07, 6.45) is 8.40. The molecule has 106 valence electrons. The van der Waals surface area contributed by atoms with Crippen molar-refractivity contribution in [3.05, 3.63) is 0 Å². The van der Waals surface area contributed by atoms with E-state index in [-0.39, 0.29) is 0 Å². The Bertz CT molecular complexity index is 258. The maximum Gasteiger partial charge on any atom is 0.0271 e. The van der Waals surface area contributed by atoms with Gasteiger partial charge in [-0.15, -0.1) is 0 Å². The van der Waals surface area contributed by atoms with Crippen LogP contribution in [0.2, 0.25) is 0 Å². The second-order valence-electron chi connectivity index (χ2n) is 7.15. The molecule has 1 N–H and O–H groups in total. The molecule has 0 spiro atoms. The molecule has 2 aliphatic carbocycles. The molecule has 0 aromatic carbocycles. The quantitative estimate of drug-likeness (QED) is 0.780. The largest absolute Gasteiger partial charge is 0.315 e. The molecule has 0 radical (unpaired) electrons. The van der Waals surface area contributed by atoms with E-state index in [2.05, 4.69) is 38.0 Å². The molecule has 2 rings (SSSR count). The van der Waals surface area contributed by atoms with Crippen LogP contribution in [0.25, 0.3) is 0 Å². The topological polar surface area (TPSA) is 15.3 Å². The fraction of sp³-hybridized carbons (Fsp3) is 1.00. The highest BCUT2D eigenvalue weighted by molar-refractivity contribution is 4.98. The van der Waals surface area contributed by atoms with Crippen LogP contribution in [0.1, 0.15) is 59.3 Å². The lowest BCUT2D eigenvalue weighted by molar-refractivity contribution is 0.0491. The molecule has 0 aliphatic heterocycles. The van der Waals surface area contributed by atoms with Crippen molar-refractivity contribution < 1.29 is 0 Å². The Morgan fingerprint density at radius 3 is 2.50 bits per heavy atom. The van der Waals surface area contributed by atoms with Gasteiger partial charge >= 0.3 is 0 Å². The van der Waals surface area contributed by atoms with Gasteiger partial charge in [0.05, 0.1) is 0 Å². The molecule has 2 fully saturated rings. The zero-order chi connectivity index (χ0) is 13.2. The third-order valence-corrected chi connectivity index (χ3v) is 5.03. The van der Waals surface area contributed by atoms with E-state index in [4.69, 9.17) is 0 Å². The van der Waals surface area contributed by atoms with Crippen LogP contribution in [-0.4, -0.2) is 37.1 Å². The van der Waals surface area contributed by atoms with Gasteiger partial charge in [0.15, 0.2) is 0 Å². The van der Waals surface area contributed by atoms with Crippen LogP contribution in [0, 0.1) is 11.3 Å². The van der Waals surface area contributed by atoms with E-state index in [9.17, 15) is 0 Å². The second kappa shape index (κ2) is 5.92. The Morgan fingerprint density at radius 1 is 1.22 bits per heavy atom. The predicted molar refractivity (Wildman–Crippen MR) is 78.9 cm³/mol. The van der Waals surface area contributed by atoms with Crippen molar-refractivity contribution in [1.82, 2.24) is 10.2 Å². The molecule has 0 bridgehead atoms. The van der Waals surface area contributed by atoms with E-state index in [0.29, 0.717) is 11.5 Å². The van der Waals surface area contributed by atoms with Crippen molar-refractivity contribution in [2.24, 2.45) is 11.3 Å². The molecule has 0 amide bonds. The van der Waals surface area contributed by atoms with Gasteiger partial charge in [-0.1, -0.05) is 27.2 Å². The summed E-state index contributed by atoms with van der Waals surface area (Å²) < 4.78 is 0. The summed E-state index contributed by atoms with van der Waals surface area (Å²) in [5.74, 6) is 1.01. The number of hydrogen-bond acceptors (Lipinski definition) is 2. The van der Waals surface area contributed by atoms with Crippen molar-refractivity contribution in [2.75, 3.05) is 20.1 Å². The fourth-order valence-corrected chi connectivity index (χ4v) is 3.90. The monoisotopic (exact) mass is 252 g/mol. The van der Waals surface area contributed by atoms with E-state index in [1.54, 1.807) is 0 Å². The molecule has 0 aromatic heterocycles. The fourth-order valence-electron chi connectivity index (χ4n) is 3.90. The van der Waals surface area contributed by atoms with Gasteiger partial charge in [0.2, 0.25) is 0 Å². The van der Waals surface area contributed by atoms with Crippen molar-refractivity contribution in [3.63, 3.8) is 0 Å². The summed E-state index contributed by atoms with van der Waals surface area (Å²) in [7, 11) is 2.16. The Kier molecular flexibility index (Phi) is 4.71. The van der Waals surface area contributed by atoms with Crippen LogP contribution in [0.15, 0.2) is 0 Å². The van der Waals surface area contributed by atoms with Crippen molar-refractivity contribution >= 4 is 0 Å². The van der Waals surface area contributed by atoms with Crippen LogP contribution < -0.4 is 5.32 Å². The average molecular weight is 252 g/mol. The maximum absolute atomic E-state index is 3.64. The highest BCUT2D eigenvalue weighted by Gasteiger charge is 2.41. The maximum atomic E-state index is 3.64. The lowest BCUT2D eigenvalue weighted by Crippen LogP contribution is -2.58. The Hall–Kier alpha value is -0.0800. The zero-order valence-electron chi connectivity index (χ0n) is 12.8. The van der Waals surface area contributed by atoms with Gasteiger partial charge in [0.25, 0.3) is 0 Å². The predicted octanol–water partition coefficient (Wildman–Crippen LogP) is 3.28. The number of rotatable bonds is 6. The summed E-state index contributed by atoms with van der Waals surface area (Å²) >= 11 is 0. The first-order valence-corrected chi connectivity index (χ1v) is 7.99. The van der Waals surface area contributed by atoms with Crippen molar-refractivity contribution in [2.45, 2.75) is 71.4 Å². The minimum atomic E-state index is 0.452. The van der Waals surface area contributed by atoms with Crippen molar-refractivity contribution in [1.29, 1.82) is 0 Å². The molecule has 2 aliphatic rings. The Labute approximate surface area is 114 Å². The highest BCUT2D eigenvalue weighted by Crippen LogP contribution is 2.39. The molecule has 2 unspecified atom stereocenters. The molecule has 2 atom stereocenters. The molecule has 2 saturated carbocycles. The SMILES string of the molecule is CCCN(CC1CC1)C1CCCC(C)(C)C1NC. The van der Waals surface area contributed by atoms with Crippen LogP contribution in [0.5, 0.6) is 0 Å². The van der Waals surface area contributed by atoms with Crippen LogP contribution in [-0.2, 0) is 0 Å². The van der Waals surface area contributed by atoms with Gasteiger partial charge in [-0.05, 0) is 57.0 Å². The first kappa shape index (κ1) is 14.3. The first-order valence-electron chi connectivity index (χ1n) is 7.99. The molecule has 0 aromatic rings. The lowest BCUT2D eigenvalue weighted by atomic mass is 9.70. The summed E-state index contributed by atoms with van der Waals surface area (Å²) in [5, 5.41) is 3.64. The number of likely N-dealkylation sites (N-methyl/N-ethyl adjacent to an activating group) is 1. The summed E-state index contributed by atoms with van der Waals surface area (Å²) in [5.41, 5.74) is 0.452. The third-order valence-electron chi connectivity index (χ3n) is 5.03. The Balaban J connectivity index is 2.05. The van der Waals surface area contributed by atoms with Crippen LogP contribution in [0.3, 0.4) is 0 Å². The Morgan fingerprint density at radius 2 is 1.94 bits per heavy atom. The van der Waals surface area contributed by atoms with Gasteiger partial charge in [-0.2, -0.15) is 0 Å². The van der Waals surface area contributed by atoms with Crippen LogP contribution in [0.4, 0.5) is 0 Å². The third kappa shape index (κ3) is 3.27. The van der Waals surface area contributed by atoms with Crippen LogP contribution >= 0.6 is 0 Å². The van der Waals surface area contributed by atoms with Gasteiger partial charge in [0, 0.05) is 18.6 Å². The standard InChI is InChI=1S/C16H32N2/c1-5-11-18(12-13-8-9-13)14-7-6-10-16(2,3)15(14)17-4/h13-15,17H,5-12H2,1-4H3. The van der Waals surface area contributed by atoms with Crippen molar-refractivity contribution in [3.8, 4) is 0 Å². The minimum Gasteiger partial charge on any atom is -0.315 e. The summed E-state index contributed by atoms with van der Waals surface area (Å²) in [6.45, 7) is 9.85. The van der Waals surface area contributed by atoms with E-state index in [1.807, 2.05) is 0 Å². The molecule has 18 heavy (non-hydrogen) atoms. The number of hydrogen-bond donors (Lipinski definition) is 1. The van der Waals surface area contributed by atoms with E-state index < -0.39 is 0 Å². The highest BCUT2D eigenvalue weighted by atomic mass is 15.2. The second-order valence-corrected chi connectivity index (χ2v) is 7.15. The smallest absolute Gasteiger partial charge is 0.0271 e. The molecular weight excluding hydrogens is 220 g/mol. The molecular formula is C16H32N2. The summed E-state index contributed by atoms with van der Waals surface area (Å²) in [6, 6.07) is 1.43. The molecule has 0 saturated heterocycles. The first-order chi connectivity index (χ1) is 8.58. The minimum absolute atomic E-state index is 0.452.